The number of aromatic hydroxyl groups is 1. The van der Waals surface area contributed by atoms with Gasteiger partial charge in [0.2, 0.25) is 0 Å². The molecule has 0 saturated heterocycles. The molecule has 1 amide bonds. The third kappa shape index (κ3) is 2.70. The molecule has 4 N–H and O–H groups in total. The molecule has 0 saturated carbocycles. The Bertz CT molecular complexity index is 856. The van der Waals surface area contributed by atoms with Crippen LogP contribution in [0.15, 0.2) is 23.0 Å². The van der Waals surface area contributed by atoms with Gasteiger partial charge in [0.05, 0.1) is 10.4 Å². The van der Waals surface area contributed by atoms with Gasteiger partial charge in [-0.2, -0.15) is 0 Å². The fourth-order valence-electron chi connectivity index (χ4n) is 1.84. The molecule has 0 aliphatic heterocycles. The second-order valence-electron chi connectivity index (χ2n) is 4.24. The highest BCUT2D eigenvalue weighted by atomic mass is 16.6. The van der Waals surface area contributed by atoms with Crippen molar-refractivity contribution in [3.63, 3.8) is 0 Å². The zero-order valence-electron chi connectivity index (χ0n) is 10.8. The van der Waals surface area contributed by atoms with Crippen molar-refractivity contribution in [2.45, 2.75) is 0 Å². The number of hydrogen-bond acceptors (Lipinski definition) is 6. The van der Waals surface area contributed by atoms with Crippen molar-refractivity contribution in [1.82, 2.24) is 10.3 Å². The van der Waals surface area contributed by atoms with Crippen LogP contribution < -0.4 is 10.9 Å². The summed E-state index contributed by atoms with van der Waals surface area (Å²) >= 11 is 0. The summed E-state index contributed by atoms with van der Waals surface area (Å²) in [7, 11) is 0. The number of aromatic amines is 1. The molecule has 0 radical (unpaired) electrons. The Balaban J connectivity index is 2.56. The summed E-state index contributed by atoms with van der Waals surface area (Å²) in [5, 5.41) is 31.1. The molecule has 0 unspecified atom stereocenters. The van der Waals surface area contributed by atoms with Gasteiger partial charge in [-0.05, 0) is 6.07 Å². The number of non-ortho nitro benzene ring substituents is 1. The lowest BCUT2D eigenvalue weighted by Crippen LogP contribution is -2.33. The van der Waals surface area contributed by atoms with Crippen LogP contribution in [0.25, 0.3) is 10.9 Å². The maximum Gasteiger partial charge on any atom is 0.322 e. The zero-order chi connectivity index (χ0) is 16.4. The Kier molecular flexibility index (Phi) is 3.75. The number of amides is 1. The molecule has 0 aliphatic rings. The van der Waals surface area contributed by atoms with E-state index < -0.39 is 40.2 Å². The summed E-state index contributed by atoms with van der Waals surface area (Å²) in [6.45, 7) is -0.726. The lowest BCUT2D eigenvalue weighted by atomic mass is 10.1. The van der Waals surface area contributed by atoms with Gasteiger partial charge >= 0.3 is 5.97 Å². The first-order chi connectivity index (χ1) is 10.3. The second kappa shape index (κ2) is 5.52. The van der Waals surface area contributed by atoms with Gasteiger partial charge < -0.3 is 20.5 Å². The van der Waals surface area contributed by atoms with Crippen LogP contribution in [-0.2, 0) is 4.79 Å². The molecule has 10 nitrogen and oxygen atoms in total. The van der Waals surface area contributed by atoms with Crippen LogP contribution in [-0.4, -0.2) is 38.5 Å². The summed E-state index contributed by atoms with van der Waals surface area (Å²) in [6.07, 6.45) is 0. The maximum atomic E-state index is 11.8. The largest absolute Gasteiger partial charge is 0.506 e. The fraction of sp³-hybridized carbons (Fsp3) is 0.0833. The average molecular weight is 307 g/mol. The lowest BCUT2D eigenvalue weighted by Gasteiger charge is -2.07. The number of nitrogens with one attached hydrogen (secondary N) is 2. The normalized spacial score (nSPS) is 10.4. The van der Waals surface area contributed by atoms with Crippen molar-refractivity contribution in [3.8, 4) is 5.75 Å². The van der Waals surface area contributed by atoms with Gasteiger partial charge in [-0.25, -0.2) is 0 Å². The molecule has 0 fully saturated rings. The first-order valence-corrected chi connectivity index (χ1v) is 5.84. The topological polar surface area (TPSA) is 163 Å². The summed E-state index contributed by atoms with van der Waals surface area (Å²) in [4.78, 5) is 46.2. The first-order valence-electron chi connectivity index (χ1n) is 5.84. The molecule has 0 spiro atoms. The van der Waals surface area contributed by atoms with Crippen molar-refractivity contribution in [3.05, 3.63) is 44.2 Å². The quantitative estimate of drug-likeness (QED) is 0.454. The van der Waals surface area contributed by atoms with E-state index in [1.807, 2.05) is 5.32 Å². The standard InChI is InChI=1S/C12H9N3O7/c16-8(17)4-13-11(19)9-10(18)6-2-1-5(15(21)22)3-7(6)14-12(9)20/h1-3H,4H2,(H,13,19)(H,16,17)(H2,14,18,20). The summed E-state index contributed by atoms with van der Waals surface area (Å²) in [6, 6.07) is 3.31. The maximum absolute atomic E-state index is 11.8. The molecule has 10 heteroatoms. The van der Waals surface area contributed by atoms with Crippen LogP contribution in [0.2, 0.25) is 0 Å². The zero-order valence-corrected chi connectivity index (χ0v) is 10.8. The monoisotopic (exact) mass is 307 g/mol. The molecular formula is C12H9N3O7. The number of carbonyl (C=O) groups is 2. The number of nitro groups is 1. The molecule has 1 heterocycles. The van der Waals surface area contributed by atoms with Gasteiger partial charge in [-0.3, -0.25) is 24.5 Å². The number of rotatable bonds is 4. The van der Waals surface area contributed by atoms with E-state index in [0.717, 1.165) is 12.1 Å². The van der Waals surface area contributed by atoms with Crippen LogP contribution in [0.1, 0.15) is 10.4 Å². The number of H-pyrrole nitrogens is 1. The molecule has 0 atom stereocenters. The molecule has 1 aromatic heterocycles. The number of aromatic nitrogens is 1. The third-order valence-electron chi connectivity index (χ3n) is 2.81. The highest BCUT2D eigenvalue weighted by Gasteiger charge is 2.20. The van der Waals surface area contributed by atoms with Gasteiger partial charge in [-0.15, -0.1) is 0 Å². The molecule has 114 valence electrons. The number of carboxylic acid groups (broad SMARTS) is 1. The molecule has 22 heavy (non-hydrogen) atoms. The number of nitro benzene ring substituents is 1. The first kappa shape index (κ1) is 15.0. The number of fused-ring (bicyclic) bond motifs is 1. The van der Waals surface area contributed by atoms with Crippen molar-refractivity contribution in [2.75, 3.05) is 6.54 Å². The van der Waals surface area contributed by atoms with Gasteiger partial charge in [0.25, 0.3) is 17.2 Å². The Morgan fingerprint density at radius 1 is 1.36 bits per heavy atom. The number of nitrogens with zero attached hydrogens (tertiary/aromatic N) is 1. The molecule has 1 aromatic carbocycles. The minimum Gasteiger partial charge on any atom is -0.506 e. The summed E-state index contributed by atoms with van der Waals surface area (Å²) in [5.41, 5.74) is -1.98. The number of pyridine rings is 1. The number of carbonyl (C=O) groups excluding carboxylic acids is 1. The van der Waals surface area contributed by atoms with Crippen molar-refractivity contribution in [2.24, 2.45) is 0 Å². The third-order valence-corrected chi connectivity index (χ3v) is 2.81. The van der Waals surface area contributed by atoms with Crippen molar-refractivity contribution in [1.29, 1.82) is 0 Å². The van der Waals surface area contributed by atoms with E-state index >= 15 is 0 Å². The van der Waals surface area contributed by atoms with E-state index in [-0.39, 0.29) is 16.6 Å². The molecule has 0 bridgehead atoms. The number of aliphatic carboxylic acids is 1. The van der Waals surface area contributed by atoms with Gasteiger partial charge in [0.1, 0.15) is 17.9 Å². The van der Waals surface area contributed by atoms with E-state index in [9.17, 15) is 29.6 Å². The SMILES string of the molecule is O=C(O)CNC(=O)c1c(O)c2ccc([N+](=O)[O-])cc2[nH]c1=O. The van der Waals surface area contributed by atoms with E-state index in [4.69, 9.17) is 5.11 Å². The number of benzene rings is 1. The van der Waals surface area contributed by atoms with Gasteiger partial charge in [0.15, 0.2) is 0 Å². The highest BCUT2D eigenvalue weighted by Crippen LogP contribution is 2.27. The van der Waals surface area contributed by atoms with Crippen molar-refractivity contribution < 1.29 is 24.7 Å². The highest BCUT2D eigenvalue weighted by molar-refractivity contribution is 6.03. The Morgan fingerprint density at radius 3 is 2.64 bits per heavy atom. The van der Waals surface area contributed by atoms with Gasteiger partial charge in [-0.1, -0.05) is 0 Å². The van der Waals surface area contributed by atoms with Crippen LogP contribution in [0.5, 0.6) is 5.75 Å². The molecular weight excluding hydrogens is 298 g/mol. The van der Waals surface area contributed by atoms with E-state index in [1.54, 1.807) is 0 Å². The summed E-state index contributed by atoms with van der Waals surface area (Å²) in [5.74, 6) is -3.07. The molecule has 2 aromatic rings. The van der Waals surface area contributed by atoms with E-state index in [0.29, 0.717) is 0 Å². The van der Waals surface area contributed by atoms with Gasteiger partial charge in [0, 0.05) is 17.5 Å². The minimum absolute atomic E-state index is 0.0191. The predicted octanol–water partition coefficient (Wildman–Crippen LogP) is -0.0437. The van der Waals surface area contributed by atoms with Crippen LogP contribution in [0.3, 0.4) is 0 Å². The van der Waals surface area contributed by atoms with E-state index in [1.165, 1.54) is 6.07 Å². The summed E-state index contributed by atoms with van der Waals surface area (Å²) < 4.78 is 0. The lowest BCUT2D eigenvalue weighted by molar-refractivity contribution is -0.384. The number of hydrogen-bond donors (Lipinski definition) is 4. The van der Waals surface area contributed by atoms with Crippen molar-refractivity contribution >= 4 is 28.5 Å². The Morgan fingerprint density at radius 2 is 2.05 bits per heavy atom. The molecule has 0 aliphatic carbocycles. The van der Waals surface area contributed by atoms with Crippen LogP contribution in [0.4, 0.5) is 5.69 Å². The second-order valence-corrected chi connectivity index (χ2v) is 4.24. The fourth-order valence-corrected chi connectivity index (χ4v) is 1.84. The van der Waals surface area contributed by atoms with Crippen LogP contribution in [0, 0.1) is 10.1 Å². The predicted molar refractivity (Wildman–Crippen MR) is 72.9 cm³/mol. The average Bonchev–Trinajstić information content (AvgIpc) is 2.44. The van der Waals surface area contributed by atoms with E-state index in [2.05, 4.69) is 4.98 Å². The smallest absolute Gasteiger partial charge is 0.322 e. The minimum atomic E-state index is -1.32. The number of carboxylic acids is 1. The Labute approximate surface area is 121 Å². The van der Waals surface area contributed by atoms with Crippen LogP contribution >= 0.6 is 0 Å². The Hall–Kier alpha value is -3.43. The molecule has 2 rings (SSSR count).